The fourth-order valence-electron chi connectivity index (χ4n) is 4.01. The molecule has 0 saturated carbocycles. The van der Waals surface area contributed by atoms with Crippen molar-refractivity contribution >= 4 is 23.2 Å². The van der Waals surface area contributed by atoms with Gasteiger partial charge in [-0.15, -0.1) is 0 Å². The first kappa shape index (κ1) is 42.3. The molecule has 6 N–H and O–H groups in total. The predicted octanol–water partition coefficient (Wildman–Crippen LogP) is 8.59. The highest BCUT2D eigenvalue weighted by Crippen LogP contribution is 2.44. The largest absolute Gasteiger partial charge is 0.403 e. The van der Waals surface area contributed by atoms with Gasteiger partial charge in [0.05, 0.1) is 38.6 Å². The average Bonchev–Trinajstić information content (AvgIpc) is 2.88. The van der Waals surface area contributed by atoms with Crippen molar-refractivity contribution in [1.29, 1.82) is 0 Å². The predicted molar refractivity (Wildman–Crippen MR) is 170 cm³/mol. The highest BCUT2D eigenvalue weighted by atomic mass is 31.2. The van der Waals surface area contributed by atoms with Gasteiger partial charge in [0.2, 0.25) is 0 Å². The molecule has 0 aromatic rings. The van der Waals surface area contributed by atoms with E-state index >= 15 is 0 Å². The third-order valence-corrected chi connectivity index (χ3v) is 10.0. The Balaban J connectivity index is 4.14. The van der Waals surface area contributed by atoms with Crippen LogP contribution in [0.25, 0.3) is 0 Å². The van der Waals surface area contributed by atoms with Crippen LogP contribution in [0.3, 0.4) is 0 Å². The third kappa shape index (κ3) is 24.6. The van der Waals surface area contributed by atoms with E-state index in [0.29, 0.717) is 26.1 Å². The van der Waals surface area contributed by atoms with Gasteiger partial charge in [-0.2, -0.15) is 0 Å². The van der Waals surface area contributed by atoms with Crippen molar-refractivity contribution < 1.29 is 40.8 Å². The van der Waals surface area contributed by atoms with Gasteiger partial charge in [-0.3, -0.25) is 27.1 Å². The summed E-state index contributed by atoms with van der Waals surface area (Å²) in [6.07, 6.45) is 11.0. The van der Waals surface area contributed by atoms with Gasteiger partial charge in [0.15, 0.2) is 0 Å². The summed E-state index contributed by atoms with van der Waals surface area (Å²) in [6.45, 7) is 13.0. The van der Waals surface area contributed by atoms with Crippen LogP contribution in [-0.2, 0) is 40.8 Å². The molecule has 15 heteroatoms. The Labute approximate surface area is 255 Å². The Morgan fingerprint density at radius 2 is 1.12 bits per heavy atom. The molecule has 0 bridgehead atoms. The molecule has 0 amide bonds. The molecule has 254 valence electrons. The van der Waals surface area contributed by atoms with Gasteiger partial charge in [0.25, 0.3) is 0 Å². The molecule has 0 radical (unpaired) electrons. The first-order chi connectivity index (χ1) is 19.6. The number of rotatable bonds is 29. The van der Waals surface area contributed by atoms with Crippen LogP contribution in [0.15, 0.2) is 0 Å². The van der Waals surface area contributed by atoms with Crippen molar-refractivity contribution in [3.63, 3.8) is 0 Å². The Bertz CT molecular complexity index is 836. The van der Waals surface area contributed by atoms with Crippen molar-refractivity contribution in [3.8, 4) is 0 Å². The summed E-state index contributed by atoms with van der Waals surface area (Å²) in [5.74, 6) is 0. The topological polar surface area (TPSA) is 185 Å². The second kappa shape index (κ2) is 22.8. The molecule has 0 spiro atoms. The van der Waals surface area contributed by atoms with Gasteiger partial charge in [-0.05, 0) is 57.3 Å². The van der Waals surface area contributed by atoms with E-state index < -0.39 is 23.2 Å². The van der Waals surface area contributed by atoms with E-state index in [4.69, 9.17) is 43.7 Å². The Hall–Kier alpha value is 0.330. The molecule has 5 atom stereocenters. The van der Waals surface area contributed by atoms with E-state index in [2.05, 4.69) is 0 Å². The van der Waals surface area contributed by atoms with Gasteiger partial charge in [0, 0.05) is 0 Å². The second-order valence-electron chi connectivity index (χ2n) is 11.8. The summed E-state index contributed by atoms with van der Waals surface area (Å²) >= 11 is 0. The van der Waals surface area contributed by atoms with Gasteiger partial charge >= 0.3 is 23.2 Å². The van der Waals surface area contributed by atoms with Gasteiger partial charge in [-0.1, -0.05) is 79.6 Å². The van der Waals surface area contributed by atoms with Crippen LogP contribution in [0.2, 0.25) is 0 Å². The number of hydrogen-bond donors (Lipinski definition) is 3. The molecule has 0 rings (SSSR count). The minimum absolute atomic E-state index is 0.208. The molecule has 0 fully saturated rings. The highest BCUT2D eigenvalue weighted by molar-refractivity contribution is 7.51. The maximum absolute atomic E-state index is 12.7. The highest BCUT2D eigenvalue weighted by Gasteiger charge is 2.27. The van der Waals surface area contributed by atoms with Crippen LogP contribution < -0.4 is 16.5 Å². The van der Waals surface area contributed by atoms with Crippen LogP contribution in [0, 0.1) is 5.41 Å². The molecule has 0 aliphatic carbocycles. The second-order valence-corrected chi connectivity index (χ2v) is 16.5. The number of nitrogens with two attached hydrogens (primary N) is 3. The quantitative estimate of drug-likeness (QED) is 0.0511. The standard InChI is InChI=1S/C27H62N3O9P3/c1-7-10-21-34-40(28,31)37-24-27(5,6)20-17-19-26(9-3)39-42(30,33)36-23-16-14-12-13-15-18-25(4)38-41(29,32)35-22-11-8-2/h25-26H,7-24H2,1-6H3,(H2,28,31)(H2,29,32)(H2,30,33). The van der Waals surface area contributed by atoms with Crippen molar-refractivity contribution in [2.75, 3.05) is 26.4 Å². The maximum Gasteiger partial charge on any atom is 0.403 e. The first-order valence-corrected chi connectivity index (χ1v) is 20.5. The fraction of sp³-hybridized carbons (Fsp3) is 1.00. The normalized spacial score (nSPS) is 18.2. The number of unbranched alkanes of at least 4 members (excludes halogenated alkanes) is 6. The lowest BCUT2D eigenvalue weighted by molar-refractivity contribution is 0.113. The van der Waals surface area contributed by atoms with Gasteiger partial charge in [0.1, 0.15) is 0 Å². The Morgan fingerprint density at radius 3 is 1.69 bits per heavy atom. The molecule has 0 aromatic heterocycles. The smallest absolute Gasteiger partial charge is 0.297 e. The zero-order chi connectivity index (χ0) is 32.1. The monoisotopic (exact) mass is 665 g/mol. The molecular weight excluding hydrogens is 603 g/mol. The van der Waals surface area contributed by atoms with Crippen LogP contribution in [-0.4, -0.2) is 38.6 Å². The summed E-state index contributed by atoms with van der Waals surface area (Å²) in [6, 6.07) is 0. The third-order valence-electron chi connectivity index (χ3n) is 6.66. The van der Waals surface area contributed by atoms with Crippen molar-refractivity contribution in [2.24, 2.45) is 21.9 Å². The van der Waals surface area contributed by atoms with Crippen molar-refractivity contribution in [3.05, 3.63) is 0 Å². The zero-order valence-corrected chi connectivity index (χ0v) is 29.8. The first-order valence-electron chi connectivity index (χ1n) is 15.7. The average molecular weight is 666 g/mol. The summed E-state index contributed by atoms with van der Waals surface area (Å²) < 4.78 is 69.2. The molecule has 5 unspecified atom stereocenters. The molecule has 0 aliphatic rings. The molecule has 12 nitrogen and oxygen atoms in total. The molecule has 0 aliphatic heterocycles. The summed E-state index contributed by atoms with van der Waals surface area (Å²) in [5.41, 5.74) is 16.9. The lowest BCUT2D eigenvalue weighted by atomic mass is 9.87. The molecule has 0 aromatic carbocycles. The van der Waals surface area contributed by atoms with Gasteiger partial charge in [-0.25, -0.2) is 30.2 Å². The van der Waals surface area contributed by atoms with E-state index in [1.165, 1.54) is 0 Å². The van der Waals surface area contributed by atoms with E-state index in [0.717, 1.165) is 77.0 Å². The van der Waals surface area contributed by atoms with Crippen LogP contribution >= 0.6 is 23.2 Å². The fourth-order valence-corrected chi connectivity index (χ4v) is 7.17. The van der Waals surface area contributed by atoms with Crippen LogP contribution in [0.5, 0.6) is 0 Å². The van der Waals surface area contributed by atoms with Crippen molar-refractivity contribution in [1.82, 2.24) is 0 Å². The van der Waals surface area contributed by atoms with E-state index in [1.54, 1.807) is 0 Å². The molecule has 0 heterocycles. The minimum atomic E-state index is -3.66. The van der Waals surface area contributed by atoms with E-state index in [9.17, 15) is 13.7 Å². The zero-order valence-electron chi connectivity index (χ0n) is 27.1. The lowest BCUT2D eigenvalue weighted by Gasteiger charge is -2.27. The SMILES string of the molecule is CCCCOP(N)(=O)OCC(C)(C)CCCC(CC)OP(N)(=O)OCCCCCCCC(C)OP(N)(=O)OCCCC. The van der Waals surface area contributed by atoms with Gasteiger partial charge < -0.3 is 0 Å². The number of hydrogen-bond acceptors (Lipinski definition) is 9. The molecule has 0 saturated heterocycles. The van der Waals surface area contributed by atoms with Crippen molar-refractivity contribution in [2.45, 2.75) is 144 Å². The summed E-state index contributed by atoms with van der Waals surface area (Å²) in [4.78, 5) is 0. The Kier molecular flexibility index (Phi) is 23.0. The molecule has 42 heavy (non-hydrogen) atoms. The summed E-state index contributed by atoms with van der Waals surface area (Å²) in [5, 5.41) is 0. The summed E-state index contributed by atoms with van der Waals surface area (Å²) in [7, 11) is -10.7. The van der Waals surface area contributed by atoms with Crippen LogP contribution in [0.1, 0.15) is 131 Å². The van der Waals surface area contributed by atoms with E-state index in [1.807, 2.05) is 41.5 Å². The van der Waals surface area contributed by atoms with Crippen LogP contribution in [0.4, 0.5) is 0 Å². The molecular formula is C27H62N3O9P3. The maximum atomic E-state index is 12.7. The Morgan fingerprint density at radius 1 is 0.619 bits per heavy atom. The lowest BCUT2D eigenvalue weighted by Crippen LogP contribution is -2.22. The minimum Gasteiger partial charge on any atom is -0.297 e. The van der Waals surface area contributed by atoms with E-state index in [-0.39, 0.29) is 30.8 Å².